The predicted octanol–water partition coefficient (Wildman–Crippen LogP) is 2.51. The van der Waals surface area contributed by atoms with Gasteiger partial charge < -0.3 is 14.4 Å². The van der Waals surface area contributed by atoms with Gasteiger partial charge in [0, 0.05) is 17.9 Å². The minimum Gasteiger partial charge on any atom is -0.495 e. The Labute approximate surface area is 156 Å². The second-order valence-corrected chi connectivity index (χ2v) is 7.64. The van der Waals surface area contributed by atoms with Gasteiger partial charge in [-0.15, -0.1) is 0 Å². The zero-order valence-electron chi connectivity index (χ0n) is 13.9. The van der Waals surface area contributed by atoms with Crippen molar-refractivity contribution in [3.63, 3.8) is 0 Å². The molecule has 9 heteroatoms. The summed E-state index contributed by atoms with van der Waals surface area (Å²) >= 11 is 5.99. The average Bonchev–Trinajstić information content (AvgIpc) is 2.62. The molecule has 0 unspecified atom stereocenters. The molecule has 138 valence electrons. The number of halogens is 1. The number of anilines is 2. The van der Waals surface area contributed by atoms with E-state index in [4.69, 9.17) is 21.1 Å². The first-order valence-corrected chi connectivity index (χ1v) is 9.61. The Morgan fingerprint density at radius 1 is 1.19 bits per heavy atom. The van der Waals surface area contributed by atoms with E-state index in [9.17, 15) is 13.2 Å². The lowest BCUT2D eigenvalue weighted by atomic mass is 10.2. The second-order valence-electron chi connectivity index (χ2n) is 5.55. The third-order valence-corrected chi connectivity index (χ3v) is 5.52. The van der Waals surface area contributed by atoms with Crippen molar-refractivity contribution >= 4 is 38.9 Å². The summed E-state index contributed by atoms with van der Waals surface area (Å²) in [6, 6.07) is 10.8. The first-order chi connectivity index (χ1) is 12.4. The number of amides is 1. The van der Waals surface area contributed by atoms with Crippen LogP contribution >= 0.6 is 11.6 Å². The van der Waals surface area contributed by atoms with E-state index in [1.54, 1.807) is 29.2 Å². The van der Waals surface area contributed by atoms with Crippen LogP contribution < -0.4 is 14.4 Å². The molecule has 1 N–H and O–H groups in total. The number of rotatable bonds is 5. The molecule has 1 amide bonds. The smallest absolute Gasteiger partial charge is 0.261 e. The van der Waals surface area contributed by atoms with Crippen LogP contribution in [-0.2, 0) is 19.6 Å². The first-order valence-electron chi connectivity index (χ1n) is 7.75. The van der Waals surface area contributed by atoms with Crippen LogP contribution in [0.2, 0.25) is 5.02 Å². The van der Waals surface area contributed by atoms with Gasteiger partial charge >= 0.3 is 0 Å². The van der Waals surface area contributed by atoms with Crippen molar-refractivity contribution in [3.8, 4) is 5.75 Å². The lowest BCUT2D eigenvalue weighted by molar-refractivity contribution is -0.125. The highest BCUT2D eigenvalue weighted by Gasteiger charge is 2.21. The van der Waals surface area contributed by atoms with Gasteiger partial charge in [-0.2, -0.15) is 0 Å². The fourth-order valence-electron chi connectivity index (χ4n) is 2.53. The number of nitrogens with one attached hydrogen (secondary N) is 1. The Kier molecular flexibility index (Phi) is 5.36. The topological polar surface area (TPSA) is 84.9 Å². The van der Waals surface area contributed by atoms with E-state index in [2.05, 4.69) is 4.72 Å². The third-order valence-electron chi connectivity index (χ3n) is 3.85. The number of methoxy groups -OCH3 is 1. The van der Waals surface area contributed by atoms with Gasteiger partial charge in [0.15, 0.2) is 0 Å². The molecule has 1 aliphatic heterocycles. The van der Waals surface area contributed by atoms with Gasteiger partial charge in [-0.25, -0.2) is 8.42 Å². The molecule has 1 heterocycles. The molecule has 0 saturated carbocycles. The Balaban J connectivity index is 1.77. The number of sulfonamides is 1. The fraction of sp³-hybridized carbons (Fsp3) is 0.235. The maximum Gasteiger partial charge on any atom is 0.261 e. The second kappa shape index (κ2) is 7.53. The van der Waals surface area contributed by atoms with Crippen molar-refractivity contribution < 1.29 is 22.7 Å². The van der Waals surface area contributed by atoms with Crippen molar-refractivity contribution in [3.05, 3.63) is 47.5 Å². The Bertz CT molecular complexity index is 915. The number of morpholine rings is 1. The maximum atomic E-state index is 12.5. The molecule has 0 bridgehead atoms. The monoisotopic (exact) mass is 396 g/mol. The molecule has 1 aliphatic rings. The molecular weight excluding hydrogens is 380 g/mol. The van der Waals surface area contributed by atoms with Crippen LogP contribution in [0.1, 0.15) is 0 Å². The predicted molar refractivity (Wildman–Crippen MR) is 98.4 cm³/mol. The van der Waals surface area contributed by atoms with Crippen molar-refractivity contribution in [2.45, 2.75) is 4.90 Å². The third kappa shape index (κ3) is 3.92. The van der Waals surface area contributed by atoms with Gasteiger partial charge in [-0.05, 0) is 42.5 Å². The summed E-state index contributed by atoms with van der Waals surface area (Å²) in [7, 11) is -2.35. The van der Waals surface area contributed by atoms with E-state index in [0.717, 1.165) is 0 Å². The van der Waals surface area contributed by atoms with E-state index in [-0.39, 0.29) is 22.4 Å². The van der Waals surface area contributed by atoms with E-state index in [1.807, 2.05) is 0 Å². The van der Waals surface area contributed by atoms with E-state index in [1.165, 1.54) is 25.3 Å². The maximum absolute atomic E-state index is 12.5. The Morgan fingerprint density at radius 2 is 1.92 bits per heavy atom. The van der Waals surface area contributed by atoms with Crippen LogP contribution in [0.4, 0.5) is 11.4 Å². The zero-order chi connectivity index (χ0) is 18.7. The summed E-state index contributed by atoms with van der Waals surface area (Å²) in [6.07, 6.45) is 0. The normalized spacial score (nSPS) is 15.0. The average molecular weight is 397 g/mol. The molecule has 0 radical (unpaired) electrons. The molecule has 2 aromatic carbocycles. The largest absolute Gasteiger partial charge is 0.495 e. The number of ether oxygens (including phenoxy) is 2. The van der Waals surface area contributed by atoms with E-state index < -0.39 is 10.0 Å². The molecule has 26 heavy (non-hydrogen) atoms. The number of hydrogen-bond acceptors (Lipinski definition) is 5. The Hall–Kier alpha value is -2.29. The number of carbonyl (C=O) groups excluding carboxylic acids is 1. The van der Waals surface area contributed by atoms with Crippen LogP contribution in [0.5, 0.6) is 5.75 Å². The van der Waals surface area contributed by atoms with Gasteiger partial charge in [0.1, 0.15) is 12.4 Å². The Morgan fingerprint density at radius 3 is 2.54 bits per heavy atom. The minimum atomic E-state index is -3.80. The fourth-order valence-corrected chi connectivity index (χ4v) is 3.94. The molecule has 3 rings (SSSR count). The van der Waals surface area contributed by atoms with Gasteiger partial charge in [-0.3, -0.25) is 9.52 Å². The number of nitrogens with zero attached hydrogens (tertiary/aromatic N) is 1. The highest BCUT2D eigenvalue weighted by molar-refractivity contribution is 7.92. The standard InChI is InChI=1S/C17H17ClN2O5S/c1-24-16-7-6-14(10-15(16)18)26(22,23)19-12-2-4-13(5-3-12)20-8-9-25-11-17(20)21/h2-7,10,19H,8-9,11H2,1H3. The summed E-state index contributed by atoms with van der Waals surface area (Å²) in [5, 5.41) is 0.205. The van der Waals surface area contributed by atoms with Crippen molar-refractivity contribution in [1.29, 1.82) is 0 Å². The van der Waals surface area contributed by atoms with Crippen LogP contribution in [0, 0.1) is 0 Å². The summed E-state index contributed by atoms with van der Waals surface area (Å²) in [5.74, 6) is 0.266. The summed E-state index contributed by atoms with van der Waals surface area (Å²) in [4.78, 5) is 13.5. The molecule has 1 fully saturated rings. The summed E-state index contributed by atoms with van der Waals surface area (Å²) in [6.45, 7) is 0.985. The molecule has 0 spiro atoms. The zero-order valence-corrected chi connectivity index (χ0v) is 15.5. The van der Waals surface area contributed by atoms with Crippen LogP contribution in [0.3, 0.4) is 0 Å². The van der Waals surface area contributed by atoms with Gasteiger partial charge in [0.25, 0.3) is 15.9 Å². The van der Waals surface area contributed by atoms with E-state index in [0.29, 0.717) is 30.3 Å². The summed E-state index contributed by atoms with van der Waals surface area (Å²) < 4.78 is 37.6. The van der Waals surface area contributed by atoms with Crippen molar-refractivity contribution in [2.75, 3.05) is 36.5 Å². The lowest BCUT2D eigenvalue weighted by Crippen LogP contribution is -2.41. The number of benzene rings is 2. The summed E-state index contributed by atoms with van der Waals surface area (Å²) in [5.41, 5.74) is 1.06. The van der Waals surface area contributed by atoms with Gasteiger partial charge in [0.05, 0.1) is 23.6 Å². The van der Waals surface area contributed by atoms with Gasteiger partial charge in [-0.1, -0.05) is 11.6 Å². The van der Waals surface area contributed by atoms with Crippen molar-refractivity contribution in [1.82, 2.24) is 0 Å². The number of hydrogen-bond donors (Lipinski definition) is 1. The van der Waals surface area contributed by atoms with Gasteiger partial charge in [0.2, 0.25) is 0 Å². The van der Waals surface area contributed by atoms with E-state index >= 15 is 0 Å². The molecule has 0 aliphatic carbocycles. The SMILES string of the molecule is COc1ccc(S(=O)(=O)Nc2ccc(N3CCOCC3=O)cc2)cc1Cl. The van der Waals surface area contributed by atoms with Crippen molar-refractivity contribution in [2.24, 2.45) is 0 Å². The lowest BCUT2D eigenvalue weighted by Gasteiger charge is -2.26. The van der Waals surface area contributed by atoms with Crippen LogP contribution in [-0.4, -0.2) is 41.2 Å². The van der Waals surface area contributed by atoms with Crippen LogP contribution in [0.25, 0.3) is 0 Å². The number of carbonyl (C=O) groups is 1. The molecular formula is C17H17ClN2O5S. The molecule has 0 atom stereocenters. The highest BCUT2D eigenvalue weighted by atomic mass is 35.5. The highest BCUT2D eigenvalue weighted by Crippen LogP contribution is 2.28. The quantitative estimate of drug-likeness (QED) is 0.839. The molecule has 1 saturated heterocycles. The minimum absolute atomic E-state index is 0.0238. The van der Waals surface area contributed by atoms with Crippen LogP contribution in [0.15, 0.2) is 47.4 Å². The molecule has 0 aromatic heterocycles. The first kappa shape index (κ1) is 18.5. The molecule has 2 aromatic rings. The molecule has 7 nitrogen and oxygen atoms in total.